The summed E-state index contributed by atoms with van der Waals surface area (Å²) >= 11 is 4.59. The van der Waals surface area contributed by atoms with E-state index in [-0.39, 0.29) is 11.7 Å². The van der Waals surface area contributed by atoms with Crippen molar-refractivity contribution in [2.24, 2.45) is 0 Å². The molecule has 0 aliphatic heterocycles. The van der Waals surface area contributed by atoms with Gasteiger partial charge in [0.2, 0.25) is 5.95 Å². The van der Waals surface area contributed by atoms with E-state index in [1.807, 2.05) is 26.0 Å². The van der Waals surface area contributed by atoms with Gasteiger partial charge in [0.25, 0.3) is 0 Å². The van der Waals surface area contributed by atoms with Gasteiger partial charge in [0.05, 0.1) is 11.4 Å². The lowest BCUT2D eigenvalue weighted by atomic mass is 10.1. The van der Waals surface area contributed by atoms with Crippen LogP contribution in [-0.4, -0.2) is 31.6 Å². The molecule has 1 aromatic heterocycles. The summed E-state index contributed by atoms with van der Waals surface area (Å²) in [5.74, 6) is -0.766. The maximum Gasteiger partial charge on any atom is 0.313 e. The number of aliphatic carboxylic acids is 1. The first-order valence-corrected chi connectivity index (χ1v) is 7.50. The fraction of sp³-hybridized carbons (Fsp3) is 0.250. The van der Waals surface area contributed by atoms with E-state index in [9.17, 15) is 4.79 Å². The number of carboxylic acid groups (broad SMARTS) is 1. The molecule has 106 valence electrons. The van der Waals surface area contributed by atoms with Gasteiger partial charge in [0.15, 0.2) is 5.16 Å². The summed E-state index contributed by atoms with van der Waals surface area (Å²) < 4.78 is 2.69. The van der Waals surface area contributed by atoms with Gasteiger partial charge < -0.3 is 10.8 Å². The summed E-state index contributed by atoms with van der Waals surface area (Å²) in [7, 11) is 0. The lowest BCUT2D eigenvalue weighted by Crippen LogP contribution is -2.05. The fourth-order valence-electron chi connectivity index (χ4n) is 1.80. The molecular formula is C12H13BrN4O2S. The SMILES string of the molecule is Cc1cc(-n2c(N)nnc2SCC(=O)O)cc(C)c1Br. The van der Waals surface area contributed by atoms with Crippen LogP contribution in [0.25, 0.3) is 5.69 Å². The summed E-state index contributed by atoms with van der Waals surface area (Å²) in [6.45, 7) is 3.95. The van der Waals surface area contributed by atoms with E-state index in [0.717, 1.165) is 33.0 Å². The molecule has 0 amide bonds. The molecule has 0 saturated carbocycles. The second kappa shape index (κ2) is 5.84. The molecule has 2 rings (SSSR count). The number of nitrogens with zero attached hydrogens (tertiary/aromatic N) is 3. The lowest BCUT2D eigenvalue weighted by molar-refractivity contribution is -0.133. The molecular weight excluding hydrogens is 344 g/mol. The second-order valence-corrected chi connectivity index (χ2v) is 5.99. The van der Waals surface area contributed by atoms with Gasteiger partial charge in [-0.1, -0.05) is 27.7 Å². The van der Waals surface area contributed by atoms with Crippen molar-refractivity contribution < 1.29 is 9.90 Å². The molecule has 20 heavy (non-hydrogen) atoms. The van der Waals surface area contributed by atoms with E-state index >= 15 is 0 Å². The topological polar surface area (TPSA) is 94.0 Å². The summed E-state index contributed by atoms with van der Waals surface area (Å²) in [4.78, 5) is 10.7. The van der Waals surface area contributed by atoms with Crippen molar-refractivity contribution >= 4 is 39.6 Å². The number of nitrogens with two attached hydrogens (primary N) is 1. The Hall–Kier alpha value is -1.54. The zero-order chi connectivity index (χ0) is 14.9. The first-order valence-electron chi connectivity index (χ1n) is 5.72. The van der Waals surface area contributed by atoms with Crippen LogP contribution in [0.4, 0.5) is 5.95 Å². The molecule has 1 heterocycles. The van der Waals surface area contributed by atoms with Crippen LogP contribution >= 0.6 is 27.7 Å². The third-order valence-electron chi connectivity index (χ3n) is 2.66. The largest absolute Gasteiger partial charge is 0.481 e. The maximum absolute atomic E-state index is 10.7. The van der Waals surface area contributed by atoms with Crippen LogP contribution in [0.15, 0.2) is 21.8 Å². The van der Waals surface area contributed by atoms with Gasteiger partial charge in [-0.25, -0.2) is 0 Å². The van der Waals surface area contributed by atoms with Crippen molar-refractivity contribution in [2.75, 3.05) is 11.5 Å². The third-order valence-corrected chi connectivity index (χ3v) is 4.83. The average Bonchev–Trinajstić information content (AvgIpc) is 2.74. The summed E-state index contributed by atoms with van der Waals surface area (Å²) in [6.07, 6.45) is 0. The van der Waals surface area contributed by atoms with Crippen molar-refractivity contribution in [2.45, 2.75) is 19.0 Å². The minimum Gasteiger partial charge on any atom is -0.481 e. The standard InChI is InChI=1S/C12H13BrN4O2S/c1-6-3-8(4-7(2)10(6)13)17-11(14)15-16-12(17)20-5-9(18)19/h3-4H,5H2,1-2H3,(H2,14,15)(H,18,19). The molecule has 0 aliphatic rings. The Kier molecular flexibility index (Phi) is 4.34. The number of halogens is 1. The maximum atomic E-state index is 10.7. The molecule has 2 aromatic rings. The van der Waals surface area contributed by atoms with Crippen LogP contribution in [0.2, 0.25) is 0 Å². The first-order chi connectivity index (χ1) is 9.40. The van der Waals surface area contributed by atoms with Crippen molar-refractivity contribution in [3.63, 3.8) is 0 Å². The smallest absolute Gasteiger partial charge is 0.313 e. The Labute approximate surface area is 128 Å². The van der Waals surface area contributed by atoms with E-state index in [4.69, 9.17) is 10.8 Å². The molecule has 0 atom stereocenters. The quantitative estimate of drug-likeness (QED) is 0.816. The van der Waals surface area contributed by atoms with Gasteiger partial charge in [-0.15, -0.1) is 10.2 Å². The number of carbonyl (C=O) groups is 1. The number of hydrogen-bond acceptors (Lipinski definition) is 5. The summed E-state index contributed by atoms with van der Waals surface area (Å²) in [5.41, 5.74) is 8.77. The molecule has 0 radical (unpaired) electrons. The van der Waals surface area contributed by atoms with Gasteiger partial charge in [0, 0.05) is 4.47 Å². The molecule has 0 saturated heterocycles. The van der Waals surface area contributed by atoms with Crippen molar-refractivity contribution in [1.82, 2.24) is 14.8 Å². The Balaban J connectivity index is 2.47. The molecule has 6 nitrogen and oxygen atoms in total. The van der Waals surface area contributed by atoms with Crippen LogP contribution in [0, 0.1) is 13.8 Å². The minimum atomic E-state index is -0.911. The lowest BCUT2D eigenvalue weighted by Gasteiger charge is -2.11. The molecule has 8 heteroatoms. The number of carboxylic acids is 1. The zero-order valence-electron chi connectivity index (χ0n) is 10.9. The van der Waals surface area contributed by atoms with E-state index in [1.54, 1.807) is 4.57 Å². The minimum absolute atomic E-state index is 0.0906. The molecule has 0 bridgehead atoms. The van der Waals surface area contributed by atoms with Crippen molar-refractivity contribution in [3.05, 3.63) is 27.7 Å². The summed E-state index contributed by atoms with van der Waals surface area (Å²) in [5, 5.41) is 17.0. The number of anilines is 1. The Morgan fingerprint density at radius 1 is 1.40 bits per heavy atom. The highest BCUT2D eigenvalue weighted by atomic mass is 79.9. The zero-order valence-corrected chi connectivity index (χ0v) is 13.3. The van der Waals surface area contributed by atoms with E-state index in [1.165, 1.54) is 0 Å². The van der Waals surface area contributed by atoms with E-state index in [0.29, 0.717) is 5.16 Å². The number of aromatic nitrogens is 3. The highest BCUT2D eigenvalue weighted by Crippen LogP contribution is 2.28. The van der Waals surface area contributed by atoms with Gasteiger partial charge in [-0.3, -0.25) is 9.36 Å². The van der Waals surface area contributed by atoms with Crippen LogP contribution in [-0.2, 0) is 4.79 Å². The molecule has 1 aromatic carbocycles. The Morgan fingerprint density at radius 3 is 2.55 bits per heavy atom. The van der Waals surface area contributed by atoms with Gasteiger partial charge >= 0.3 is 5.97 Å². The molecule has 0 aliphatic carbocycles. The monoisotopic (exact) mass is 356 g/mol. The Bertz CT molecular complexity index is 648. The van der Waals surface area contributed by atoms with Crippen molar-refractivity contribution in [3.8, 4) is 5.69 Å². The Morgan fingerprint density at radius 2 is 2.00 bits per heavy atom. The summed E-state index contributed by atoms with van der Waals surface area (Å²) in [6, 6.07) is 3.89. The molecule has 0 unspecified atom stereocenters. The number of benzene rings is 1. The number of thioether (sulfide) groups is 1. The predicted octanol–water partition coefficient (Wildman–Crippen LogP) is 2.41. The van der Waals surface area contributed by atoms with Crippen LogP contribution < -0.4 is 5.73 Å². The van der Waals surface area contributed by atoms with Crippen LogP contribution in [0.1, 0.15) is 11.1 Å². The number of nitrogen functional groups attached to an aromatic ring is 1. The highest BCUT2D eigenvalue weighted by Gasteiger charge is 2.15. The van der Waals surface area contributed by atoms with Gasteiger partial charge in [-0.2, -0.15) is 0 Å². The van der Waals surface area contributed by atoms with Crippen LogP contribution in [0.5, 0.6) is 0 Å². The second-order valence-electron chi connectivity index (χ2n) is 4.25. The molecule has 0 spiro atoms. The number of hydrogen-bond donors (Lipinski definition) is 2. The molecule has 0 fully saturated rings. The van der Waals surface area contributed by atoms with Gasteiger partial charge in [0.1, 0.15) is 0 Å². The van der Waals surface area contributed by atoms with Gasteiger partial charge in [-0.05, 0) is 37.1 Å². The molecule has 3 N–H and O–H groups in total. The number of rotatable bonds is 4. The predicted molar refractivity (Wildman–Crippen MR) is 81.3 cm³/mol. The number of aryl methyl sites for hydroxylation is 2. The highest BCUT2D eigenvalue weighted by molar-refractivity contribution is 9.10. The van der Waals surface area contributed by atoms with Crippen molar-refractivity contribution in [1.29, 1.82) is 0 Å². The fourth-order valence-corrected chi connectivity index (χ4v) is 2.70. The van der Waals surface area contributed by atoms with E-state index in [2.05, 4.69) is 26.1 Å². The van der Waals surface area contributed by atoms with Crippen LogP contribution in [0.3, 0.4) is 0 Å². The average molecular weight is 357 g/mol. The first kappa shape index (κ1) is 14.9. The van der Waals surface area contributed by atoms with E-state index < -0.39 is 5.97 Å². The normalized spacial score (nSPS) is 10.8. The third kappa shape index (κ3) is 2.96.